The molecule has 2 N–H and O–H groups in total. The summed E-state index contributed by atoms with van der Waals surface area (Å²) in [5.74, 6) is 0.866. The van der Waals surface area contributed by atoms with E-state index in [0.29, 0.717) is 6.54 Å². The van der Waals surface area contributed by atoms with Crippen LogP contribution in [-0.4, -0.2) is 34.2 Å². The van der Waals surface area contributed by atoms with Crippen molar-refractivity contribution in [2.75, 3.05) is 19.8 Å². The lowest BCUT2D eigenvalue weighted by molar-refractivity contribution is 0.318. The second kappa shape index (κ2) is 12.6. The van der Waals surface area contributed by atoms with Gasteiger partial charge in [-0.05, 0) is 23.0 Å². The first-order chi connectivity index (χ1) is 12.1. The van der Waals surface area contributed by atoms with E-state index in [1.807, 2.05) is 24.3 Å². The lowest BCUT2D eigenvalue weighted by Crippen LogP contribution is -2.41. The number of nitrogens with one attached hydrogen (secondary N) is 2. The van der Waals surface area contributed by atoms with E-state index in [2.05, 4.69) is 36.4 Å². The predicted octanol–water partition coefficient (Wildman–Crippen LogP) is 4.12. The van der Waals surface area contributed by atoms with Crippen molar-refractivity contribution < 1.29 is 8.42 Å². The van der Waals surface area contributed by atoms with Crippen molar-refractivity contribution in [1.82, 2.24) is 10.6 Å². The standard InChI is InChI=1S/C20H35N3O2S.HI/c1-6-7-8-13-20(2,3)16-23-19(21-4)22-14-17-9-11-18(12-10-17)15-26(5,24)25;/h9-12H,6-8,13-16H2,1-5H3,(H2,21,22,23);1H. The summed E-state index contributed by atoms with van der Waals surface area (Å²) in [6.07, 6.45) is 6.24. The number of unbranched alkanes of at least 4 members (excludes halogenated alkanes) is 2. The van der Waals surface area contributed by atoms with Crippen LogP contribution in [-0.2, 0) is 22.1 Å². The maximum atomic E-state index is 11.3. The fourth-order valence-electron chi connectivity index (χ4n) is 2.73. The summed E-state index contributed by atoms with van der Waals surface area (Å²) in [6, 6.07) is 7.64. The van der Waals surface area contributed by atoms with Crippen LogP contribution in [0.3, 0.4) is 0 Å². The van der Waals surface area contributed by atoms with Gasteiger partial charge >= 0.3 is 0 Å². The Bertz CT molecular complexity index is 671. The number of benzene rings is 1. The quantitative estimate of drug-likeness (QED) is 0.216. The largest absolute Gasteiger partial charge is 0.356 e. The molecule has 1 rings (SSSR count). The molecule has 0 fully saturated rings. The van der Waals surface area contributed by atoms with Gasteiger partial charge in [0.15, 0.2) is 15.8 Å². The summed E-state index contributed by atoms with van der Waals surface area (Å²) in [4.78, 5) is 4.28. The number of sulfone groups is 1. The van der Waals surface area contributed by atoms with E-state index in [1.165, 1.54) is 31.9 Å². The minimum atomic E-state index is -2.99. The average molecular weight is 509 g/mol. The van der Waals surface area contributed by atoms with Crippen molar-refractivity contribution in [2.45, 2.75) is 58.8 Å². The van der Waals surface area contributed by atoms with E-state index in [4.69, 9.17) is 0 Å². The number of hydrogen-bond acceptors (Lipinski definition) is 3. The van der Waals surface area contributed by atoms with Crippen LogP contribution in [0.4, 0.5) is 0 Å². The van der Waals surface area contributed by atoms with Gasteiger partial charge in [0.05, 0.1) is 5.75 Å². The summed E-state index contributed by atoms with van der Waals surface area (Å²) < 4.78 is 22.7. The molecule has 0 amide bonds. The monoisotopic (exact) mass is 509 g/mol. The molecular formula is C20H36IN3O2S. The Morgan fingerprint density at radius 1 is 1.07 bits per heavy atom. The molecule has 27 heavy (non-hydrogen) atoms. The highest BCUT2D eigenvalue weighted by Gasteiger charge is 2.17. The topological polar surface area (TPSA) is 70.6 Å². The summed E-state index contributed by atoms with van der Waals surface area (Å²) >= 11 is 0. The van der Waals surface area contributed by atoms with Crippen molar-refractivity contribution in [3.8, 4) is 0 Å². The molecule has 5 nitrogen and oxygen atoms in total. The van der Waals surface area contributed by atoms with E-state index >= 15 is 0 Å². The zero-order valence-corrected chi connectivity index (χ0v) is 20.5. The Morgan fingerprint density at radius 3 is 2.19 bits per heavy atom. The molecule has 0 spiro atoms. The molecule has 0 aliphatic carbocycles. The Kier molecular flexibility index (Phi) is 12.2. The van der Waals surface area contributed by atoms with Crippen LogP contribution in [0.25, 0.3) is 0 Å². The first-order valence-electron chi connectivity index (χ1n) is 9.35. The molecule has 156 valence electrons. The highest BCUT2D eigenvalue weighted by Crippen LogP contribution is 2.22. The Balaban J connectivity index is 0.00000676. The first-order valence-corrected chi connectivity index (χ1v) is 11.4. The molecule has 0 heterocycles. The summed E-state index contributed by atoms with van der Waals surface area (Å²) in [5, 5.41) is 6.72. The number of halogens is 1. The predicted molar refractivity (Wildman–Crippen MR) is 127 cm³/mol. The third kappa shape index (κ3) is 12.3. The van der Waals surface area contributed by atoms with Crippen LogP contribution in [0.1, 0.15) is 57.6 Å². The second-order valence-electron chi connectivity index (χ2n) is 7.79. The molecule has 0 aromatic heterocycles. The fraction of sp³-hybridized carbons (Fsp3) is 0.650. The highest BCUT2D eigenvalue weighted by atomic mass is 127. The third-order valence-corrected chi connectivity index (χ3v) is 5.18. The maximum absolute atomic E-state index is 11.3. The van der Waals surface area contributed by atoms with Crippen LogP contribution in [0, 0.1) is 5.41 Å². The smallest absolute Gasteiger partial charge is 0.191 e. The van der Waals surface area contributed by atoms with Crippen molar-refractivity contribution in [2.24, 2.45) is 10.4 Å². The minimum Gasteiger partial charge on any atom is -0.356 e. The van der Waals surface area contributed by atoms with Gasteiger partial charge in [0.1, 0.15) is 0 Å². The normalized spacial score (nSPS) is 12.4. The van der Waals surface area contributed by atoms with E-state index in [1.54, 1.807) is 7.05 Å². The molecule has 0 saturated heterocycles. The van der Waals surface area contributed by atoms with Crippen LogP contribution in [0.2, 0.25) is 0 Å². The summed E-state index contributed by atoms with van der Waals surface area (Å²) in [5.41, 5.74) is 2.14. The van der Waals surface area contributed by atoms with Crippen molar-refractivity contribution >= 4 is 39.8 Å². The molecule has 1 aromatic carbocycles. The fourth-order valence-corrected chi connectivity index (χ4v) is 3.53. The van der Waals surface area contributed by atoms with E-state index in [-0.39, 0.29) is 35.1 Å². The minimum absolute atomic E-state index is 0. The van der Waals surface area contributed by atoms with Gasteiger partial charge in [0.25, 0.3) is 0 Å². The molecule has 0 saturated carbocycles. The molecule has 0 atom stereocenters. The number of nitrogens with zero attached hydrogens (tertiary/aromatic N) is 1. The molecule has 0 bridgehead atoms. The van der Waals surface area contributed by atoms with Gasteiger partial charge in [0.2, 0.25) is 0 Å². The molecule has 0 aliphatic rings. The SMILES string of the molecule is CCCCCC(C)(C)CNC(=NC)NCc1ccc(CS(C)(=O)=O)cc1.I. The van der Waals surface area contributed by atoms with Crippen LogP contribution in [0.5, 0.6) is 0 Å². The van der Waals surface area contributed by atoms with E-state index in [9.17, 15) is 8.42 Å². The molecule has 0 aliphatic heterocycles. The van der Waals surface area contributed by atoms with Gasteiger partial charge in [-0.1, -0.05) is 64.3 Å². The zero-order valence-electron chi connectivity index (χ0n) is 17.3. The zero-order chi connectivity index (χ0) is 19.6. The van der Waals surface area contributed by atoms with Gasteiger partial charge in [0, 0.05) is 26.4 Å². The summed E-state index contributed by atoms with van der Waals surface area (Å²) in [6.45, 7) is 8.32. The Labute approximate surface area is 182 Å². The average Bonchev–Trinajstić information content (AvgIpc) is 2.55. The number of aliphatic imine (C=N–C) groups is 1. The Hall–Kier alpha value is -0.830. The molecule has 0 unspecified atom stereocenters. The van der Waals surface area contributed by atoms with Crippen molar-refractivity contribution in [1.29, 1.82) is 0 Å². The maximum Gasteiger partial charge on any atom is 0.191 e. The molecule has 7 heteroatoms. The molecule has 0 radical (unpaired) electrons. The second-order valence-corrected chi connectivity index (χ2v) is 9.93. The molecular weight excluding hydrogens is 473 g/mol. The van der Waals surface area contributed by atoms with Crippen molar-refractivity contribution in [3.63, 3.8) is 0 Å². The van der Waals surface area contributed by atoms with Gasteiger partial charge < -0.3 is 10.6 Å². The van der Waals surface area contributed by atoms with Crippen LogP contribution < -0.4 is 10.6 Å². The van der Waals surface area contributed by atoms with E-state index < -0.39 is 9.84 Å². The molecule has 1 aromatic rings. The lowest BCUT2D eigenvalue weighted by Gasteiger charge is -2.26. The third-order valence-electron chi connectivity index (χ3n) is 4.33. The van der Waals surface area contributed by atoms with Gasteiger partial charge in [-0.25, -0.2) is 8.42 Å². The Morgan fingerprint density at radius 2 is 1.67 bits per heavy atom. The number of guanidine groups is 1. The van der Waals surface area contributed by atoms with Gasteiger partial charge in [-0.2, -0.15) is 0 Å². The van der Waals surface area contributed by atoms with Gasteiger partial charge in [-0.3, -0.25) is 4.99 Å². The van der Waals surface area contributed by atoms with E-state index in [0.717, 1.165) is 23.6 Å². The lowest BCUT2D eigenvalue weighted by atomic mass is 9.87. The van der Waals surface area contributed by atoms with Gasteiger partial charge in [-0.15, -0.1) is 24.0 Å². The summed E-state index contributed by atoms with van der Waals surface area (Å²) in [7, 11) is -1.22. The van der Waals surface area contributed by atoms with Crippen LogP contribution in [0.15, 0.2) is 29.3 Å². The first kappa shape index (κ1) is 26.2. The van der Waals surface area contributed by atoms with Crippen LogP contribution >= 0.6 is 24.0 Å². The number of hydrogen-bond donors (Lipinski definition) is 2. The van der Waals surface area contributed by atoms with Crippen molar-refractivity contribution in [3.05, 3.63) is 35.4 Å². The number of rotatable bonds is 10. The highest BCUT2D eigenvalue weighted by molar-refractivity contribution is 14.0.